The topological polar surface area (TPSA) is 30.7 Å². The molecule has 0 unspecified atom stereocenters. The Kier molecular flexibility index (Phi) is 3.06. The van der Waals surface area contributed by atoms with Crippen molar-refractivity contribution in [1.29, 1.82) is 0 Å². The molecule has 0 atom stereocenters. The van der Waals surface area contributed by atoms with Crippen molar-refractivity contribution >= 4 is 11.6 Å². The van der Waals surface area contributed by atoms with Crippen LogP contribution in [0.15, 0.2) is 0 Å². The van der Waals surface area contributed by atoms with Crippen LogP contribution < -0.4 is 0 Å². The molecule has 4 heteroatoms. The zero-order chi connectivity index (χ0) is 9.97. The van der Waals surface area contributed by atoms with Crippen molar-refractivity contribution < 1.29 is 0 Å². The third kappa shape index (κ3) is 1.92. The van der Waals surface area contributed by atoms with Gasteiger partial charge in [0.1, 0.15) is 11.6 Å². The van der Waals surface area contributed by atoms with E-state index in [1.54, 1.807) is 0 Å². The van der Waals surface area contributed by atoms with Crippen molar-refractivity contribution in [2.24, 2.45) is 13.0 Å². The number of rotatable bonds is 3. The summed E-state index contributed by atoms with van der Waals surface area (Å²) in [6.45, 7) is 0. The minimum atomic E-state index is 0.453. The van der Waals surface area contributed by atoms with E-state index in [9.17, 15) is 0 Å². The molecule has 0 bridgehead atoms. The van der Waals surface area contributed by atoms with E-state index in [2.05, 4.69) is 10.2 Å². The van der Waals surface area contributed by atoms with Crippen LogP contribution in [0.3, 0.4) is 0 Å². The number of aromatic nitrogens is 3. The van der Waals surface area contributed by atoms with Crippen molar-refractivity contribution in [2.45, 2.75) is 38.0 Å². The van der Waals surface area contributed by atoms with Crippen LogP contribution >= 0.6 is 11.6 Å². The molecular formula is C10H16ClN3. The van der Waals surface area contributed by atoms with Gasteiger partial charge in [0, 0.05) is 13.5 Å². The maximum absolute atomic E-state index is 5.74. The van der Waals surface area contributed by atoms with Crippen LogP contribution in [0, 0.1) is 5.92 Å². The average molecular weight is 214 g/mol. The summed E-state index contributed by atoms with van der Waals surface area (Å²) < 4.78 is 2.03. The molecule has 1 heterocycles. The van der Waals surface area contributed by atoms with Gasteiger partial charge in [-0.05, 0) is 5.92 Å². The molecular weight excluding hydrogens is 198 g/mol. The maximum atomic E-state index is 5.74. The van der Waals surface area contributed by atoms with Gasteiger partial charge in [0.2, 0.25) is 0 Å². The first kappa shape index (κ1) is 9.97. The number of alkyl halides is 1. The molecule has 0 N–H and O–H groups in total. The summed E-state index contributed by atoms with van der Waals surface area (Å²) in [5.41, 5.74) is 0. The SMILES string of the molecule is Cn1c(CCl)nnc1CC1CCCC1. The van der Waals surface area contributed by atoms with Gasteiger partial charge in [-0.15, -0.1) is 21.8 Å². The predicted molar refractivity (Wildman–Crippen MR) is 56.2 cm³/mol. The summed E-state index contributed by atoms with van der Waals surface area (Å²) in [5, 5.41) is 8.24. The van der Waals surface area contributed by atoms with Crippen molar-refractivity contribution in [2.75, 3.05) is 0 Å². The molecule has 0 saturated heterocycles. The highest BCUT2D eigenvalue weighted by Gasteiger charge is 2.18. The first-order chi connectivity index (χ1) is 6.81. The summed E-state index contributed by atoms with van der Waals surface area (Å²) in [7, 11) is 2.00. The maximum Gasteiger partial charge on any atom is 0.147 e. The molecule has 14 heavy (non-hydrogen) atoms. The Morgan fingerprint density at radius 2 is 1.93 bits per heavy atom. The number of nitrogens with zero attached hydrogens (tertiary/aromatic N) is 3. The van der Waals surface area contributed by atoms with Gasteiger partial charge in [-0.1, -0.05) is 25.7 Å². The molecule has 1 fully saturated rings. The third-order valence-corrected chi connectivity index (χ3v) is 3.36. The van der Waals surface area contributed by atoms with E-state index >= 15 is 0 Å². The summed E-state index contributed by atoms with van der Waals surface area (Å²) in [6.07, 6.45) is 6.53. The quantitative estimate of drug-likeness (QED) is 0.722. The van der Waals surface area contributed by atoms with Crippen molar-refractivity contribution in [3.63, 3.8) is 0 Å². The molecule has 78 valence electrons. The van der Waals surface area contributed by atoms with Gasteiger partial charge < -0.3 is 4.57 Å². The Hall–Kier alpha value is -0.570. The zero-order valence-corrected chi connectivity index (χ0v) is 9.30. The van der Waals surface area contributed by atoms with Gasteiger partial charge in [0.25, 0.3) is 0 Å². The average Bonchev–Trinajstić information content (AvgIpc) is 2.79. The molecule has 1 aliphatic carbocycles. The summed E-state index contributed by atoms with van der Waals surface area (Å²) in [6, 6.07) is 0. The minimum Gasteiger partial charge on any atom is -0.317 e. The largest absolute Gasteiger partial charge is 0.317 e. The van der Waals surface area contributed by atoms with Crippen LogP contribution in [0.1, 0.15) is 37.3 Å². The van der Waals surface area contributed by atoms with Gasteiger partial charge in [-0.3, -0.25) is 0 Å². The van der Waals surface area contributed by atoms with E-state index in [1.165, 1.54) is 25.7 Å². The molecule has 3 nitrogen and oxygen atoms in total. The Morgan fingerprint density at radius 3 is 2.50 bits per heavy atom. The zero-order valence-electron chi connectivity index (χ0n) is 8.54. The lowest BCUT2D eigenvalue weighted by molar-refractivity contribution is 0.519. The predicted octanol–water partition coefficient (Wildman–Crippen LogP) is 2.29. The highest BCUT2D eigenvalue weighted by atomic mass is 35.5. The van der Waals surface area contributed by atoms with Crippen LogP contribution in [0.4, 0.5) is 0 Å². The monoisotopic (exact) mass is 213 g/mol. The van der Waals surface area contributed by atoms with E-state index < -0.39 is 0 Å². The van der Waals surface area contributed by atoms with Gasteiger partial charge >= 0.3 is 0 Å². The molecule has 0 aromatic carbocycles. The second-order valence-electron chi connectivity index (χ2n) is 4.08. The minimum absolute atomic E-state index is 0.453. The lowest BCUT2D eigenvalue weighted by Gasteiger charge is -2.07. The molecule has 1 aromatic rings. The molecule has 0 aliphatic heterocycles. The summed E-state index contributed by atoms with van der Waals surface area (Å²) in [5.74, 6) is 3.24. The van der Waals surface area contributed by atoms with Gasteiger partial charge in [0.15, 0.2) is 0 Å². The van der Waals surface area contributed by atoms with E-state index in [0.717, 1.165) is 24.0 Å². The van der Waals surface area contributed by atoms with E-state index in [0.29, 0.717) is 5.88 Å². The van der Waals surface area contributed by atoms with Crippen LogP contribution in [0.25, 0.3) is 0 Å². The third-order valence-electron chi connectivity index (χ3n) is 3.12. The Morgan fingerprint density at radius 1 is 1.29 bits per heavy atom. The van der Waals surface area contributed by atoms with Crippen molar-refractivity contribution in [1.82, 2.24) is 14.8 Å². The lowest BCUT2D eigenvalue weighted by atomic mass is 10.0. The second-order valence-corrected chi connectivity index (χ2v) is 4.35. The highest BCUT2D eigenvalue weighted by Crippen LogP contribution is 2.27. The molecule has 0 amide bonds. The van der Waals surface area contributed by atoms with E-state index in [1.807, 2.05) is 11.6 Å². The molecule has 2 rings (SSSR count). The van der Waals surface area contributed by atoms with Crippen LogP contribution in [0.2, 0.25) is 0 Å². The second kappa shape index (κ2) is 4.30. The van der Waals surface area contributed by atoms with Gasteiger partial charge in [0.05, 0.1) is 5.88 Å². The van der Waals surface area contributed by atoms with Crippen LogP contribution in [-0.4, -0.2) is 14.8 Å². The van der Waals surface area contributed by atoms with Gasteiger partial charge in [-0.2, -0.15) is 0 Å². The first-order valence-electron chi connectivity index (χ1n) is 5.24. The fourth-order valence-corrected chi connectivity index (χ4v) is 2.40. The highest BCUT2D eigenvalue weighted by molar-refractivity contribution is 6.16. The molecule has 0 spiro atoms. The normalized spacial score (nSPS) is 17.9. The summed E-state index contributed by atoms with van der Waals surface area (Å²) >= 11 is 5.74. The Bertz CT molecular complexity index is 302. The molecule has 0 radical (unpaired) electrons. The molecule has 1 saturated carbocycles. The number of halogens is 1. The fourth-order valence-electron chi connectivity index (χ4n) is 2.17. The Balaban J connectivity index is 2.04. The first-order valence-corrected chi connectivity index (χ1v) is 5.78. The Labute approximate surface area is 89.5 Å². The molecule has 1 aromatic heterocycles. The van der Waals surface area contributed by atoms with E-state index in [4.69, 9.17) is 11.6 Å². The summed E-state index contributed by atoms with van der Waals surface area (Å²) in [4.78, 5) is 0. The van der Waals surface area contributed by atoms with Crippen LogP contribution in [-0.2, 0) is 19.3 Å². The number of hydrogen-bond donors (Lipinski definition) is 0. The van der Waals surface area contributed by atoms with Crippen molar-refractivity contribution in [3.05, 3.63) is 11.6 Å². The smallest absolute Gasteiger partial charge is 0.147 e. The van der Waals surface area contributed by atoms with Crippen molar-refractivity contribution in [3.8, 4) is 0 Å². The molecule has 1 aliphatic rings. The van der Waals surface area contributed by atoms with Crippen LogP contribution in [0.5, 0.6) is 0 Å². The number of hydrogen-bond acceptors (Lipinski definition) is 2. The fraction of sp³-hybridized carbons (Fsp3) is 0.800. The lowest BCUT2D eigenvalue weighted by Crippen LogP contribution is -2.06. The standard InChI is InChI=1S/C10H16ClN3/c1-14-9(12-13-10(14)7-11)6-8-4-2-3-5-8/h8H,2-7H2,1H3. The van der Waals surface area contributed by atoms with E-state index in [-0.39, 0.29) is 0 Å². The van der Waals surface area contributed by atoms with Gasteiger partial charge in [-0.25, -0.2) is 0 Å².